The van der Waals surface area contributed by atoms with Crippen LogP contribution in [0.5, 0.6) is 0 Å². The Morgan fingerprint density at radius 3 is 2.36 bits per heavy atom. The fraction of sp³-hybridized carbons (Fsp3) is 0. The van der Waals surface area contributed by atoms with E-state index in [1.54, 1.807) is 0 Å². The predicted octanol–water partition coefficient (Wildman–Crippen LogP) is -0.912. The second-order valence-corrected chi connectivity index (χ2v) is 2.19. The van der Waals surface area contributed by atoms with Gasteiger partial charge in [-0.15, -0.1) is 0 Å². The minimum absolute atomic E-state index is 0.0579. The molecule has 1 rings (SSSR count). The van der Waals surface area contributed by atoms with Crippen LogP contribution in [0.3, 0.4) is 0 Å². The maximum Gasteiger partial charge on any atom is 0.488 e. The second-order valence-electron chi connectivity index (χ2n) is 2.19. The summed E-state index contributed by atoms with van der Waals surface area (Å²) >= 11 is 0. The highest BCUT2D eigenvalue weighted by molar-refractivity contribution is 6.58. The Labute approximate surface area is 63.4 Å². The van der Waals surface area contributed by atoms with E-state index in [0.29, 0.717) is 0 Å². The molecule has 0 spiro atoms. The van der Waals surface area contributed by atoms with Gasteiger partial charge in [-0.2, -0.15) is 0 Å². The zero-order valence-electron chi connectivity index (χ0n) is 5.66. The van der Waals surface area contributed by atoms with Crippen LogP contribution < -0.4 is 11.2 Å². The summed E-state index contributed by atoms with van der Waals surface area (Å²) in [6, 6.07) is 3.42. The lowest BCUT2D eigenvalue weighted by Crippen LogP contribution is -2.30. The zero-order chi connectivity index (χ0) is 8.43. The Kier molecular flexibility index (Phi) is 2.12. The van der Waals surface area contributed by atoms with E-state index < -0.39 is 12.9 Å². The number of rotatable bonds is 1. The summed E-state index contributed by atoms with van der Waals surface area (Å²) in [5, 5.41) is 17.2. The smallest absolute Gasteiger partial charge is 0.423 e. The average molecular weight is 155 g/mol. The van der Waals surface area contributed by atoms with E-state index in [1.807, 2.05) is 0 Å². The number of anilines is 1. The van der Waals surface area contributed by atoms with E-state index >= 15 is 0 Å². The molecule has 11 heavy (non-hydrogen) atoms. The topological polar surface area (TPSA) is 66.5 Å². The van der Waals surface area contributed by atoms with Crippen molar-refractivity contribution in [2.75, 3.05) is 5.73 Å². The summed E-state index contributed by atoms with van der Waals surface area (Å²) in [7, 11) is -1.67. The van der Waals surface area contributed by atoms with E-state index in [2.05, 4.69) is 0 Å². The summed E-state index contributed by atoms with van der Waals surface area (Å²) in [6.07, 6.45) is 0. The molecule has 0 saturated heterocycles. The van der Waals surface area contributed by atoms with Gasteiger partial charge in [0.2, 0.25) is 0 Å². The average Bonchev–Trinajstić information content (AvgIpc) is 1.85. The highest BCUT2D eigenvalue weighted by Crippen LogP contribution is 2.02. The molecule has 0 amide bonds. The molecule has 5 heteroatoms. The van der Waals surface area contributed by atoms with Gasteiger partial charge in [0.25, 0.3) is 0 Å². The summed E-state index contributed by atoms with van der Waals surface area (Å²) in [6.45, 7) is 0. The van der Waals surface area contributed by atoms with Gasteiger partial charge >= 0.3 is 7.12 Å². The zero-order valence-corrected chi connectivity index (χ0v) is 5.66. The van der Waals surface area contributed by atoms with E-state index in [-0.39, 0.29) is 11.2 Å². The Bertz CT molecular complexity index is 247. The minimum Gasteiger partial charge on any atom is -0.423 e. The molecule has 1 aromatic rings. The first-order valence-corrected chi connectivity index (χ1v) is 3.01. The molecule has 1 aromatic carbocycles. The first kappa shape index (κ1) is 8.04. The van der Waals surface area contributed by atoms with Crippen molar-refractivity contribution in [1.29, 1.82) is 0 Å². The van der Waals surface area contributed by atoms with Crippen LogP contribution in [0.1, 0.15) is 0 Å². The highest BCUT2D eigenvalue weighted by Gasteiger charge is 2.11. The molecule has 0 radical (unpaired) electrons. The first-order chi connectivity index (χ1) is 5.09. The highest BCUT2D eigenvalue weighted by atomic mass is 19.1. The molecule has 0 heterocycles. The van der Waals surface area contributed by atoms with E-state index in [9.17, 15) is 4.39 Å². The number of halogens is 1. The molecule has 3 nitrogen and oxygen atoms in total. The number of hydrogen-bond acceptors (Lipinski definition) is 3. The van der Waals surface area contributed by atoms with Crippen LogP contribution in [0, 0.1) is 5.82 Å². The SMILES string of the molecule is Nc1cc(F)cc(B(O)O)c1. The van der Waals surface area contributed by atoms with Crippen molar-refractivity contribution in [3.05, 3.63) is 24.0 Å². The number of nitrogen functional groups attached to an aromatic ring is 1. The quantitative estimate of drug-likeness (QED) is 0.363. The largest absolute Gasteiger partial charge is 0.488 e. The van der Waals surface area contributed by atoms with E-state index in [4.69, 9.17) is 15.8 Å². The van der Waals surface area contributed by atoms with Gasteiger partial charge in [0.15, 0.2) is 0 Å². The van der Waals surface area contributed by atoms with Crippen LogP contribution in [0.25, 0.3) is 0 Å². The lowest BCUT2D eigenvalue weighted by Gasteiger charge is -2.00. The Balaban J connectivity index is 3.08. The first-order valence-electron chi connectivity index (χ1n) is 3.01. The molecule has 58 valence electrons. The third-order valence-electron chi connectivity index (χ3n) is 1.24. The van der Waals surface area contributed by atoms with E-state index in [0.717, 1.165) is 12.1 Å². The van der Waals surface area contributed by atoms with Gasteiger partial charge in [-0.1, -0.05) is 0 Å². The van der Waals surface area contributed by atoms with Crippen molar-refractivity contribution in [3.8, 4) is 0 Å². The molecule has 0 fully saturated rings. The van der Waals surface area contributed by atoms with Crippen LogP contribution >= 0.6 is 0 Å². The lowest BCUT2D eigenvalue weighted by molar-refractivity contribution is 0.425. The van der Waals surface area contributed by atoms with Crippen LogP contribution in [-0.4, -0.2) is 17.2 Å². The molecule has 0 aliphatic carbocycles. The summed E-state index contributed by atoms with van der Waals surface area (Å²) < 4.78 is 12.5. The summed E-state index contributed by atoms with van der Waals surface area (Å²) in [4.78, 5) is 0. The van der Waals surface area contributed by atoms with Crippen molar-refractivity contribution in [3.63, 3.8) is 0 Å². The number of nitrogens with two attached hydrogens (primary N) is 1. The lowest BCUT2D eigenvalue weighted by atomic mass is 9.80. The van der Waals surface area contributed by atoms with Gasteiger partial charge in [0.05, 0.1) is 0 Å². The fourth-order valence-electron chi connectivity index (χ4n) is 0.785. The maximum absolute atomic E-state index is 12.5. The van der Waals surface area contributed by atoms with Gasteiger partial charge in [-0.3, -0.25) is 0 Å². The van der Waals surface area contributed by atoms with Crippen LogP contribution in [0.4, 0.5) is 10.1 Å². The molecule has 0 aromatic heterocycles. The molecule has 0 aliphatic rings. The van der Waals surface area contributed by atoms with Crippen LogP contribution in [0.2, 0.25) is 0 Å². The second kappa shape index (κ2) is 2.90. The minimum atomic E-state index is -1.67. The normalized spacial score (nSPS) is 9.73. The number of hydrogen-bond donors (Lipinski definition) is 3. The molecular formula is C6H7BFNO2. The van der Waals surface area contributed by atoms with Crippen molar-refractivity contribution in [2.45, 2.75) is 0 Å². The Hall–Kier alpha value is -1.07. The monoisotopic (exact) mass is 155 g/mol. The van der Waals surface area contributed by atoms with Gasteiger partial charge in [-0.05, 0) is 23.7 Å². The molecule has 0 unspecified atom stereocenters. The predicted molar refractivity (Wildman–Crippen MR) is 40.6 cm³/mol. The van der Waals surface area contributed by atoms with Crippen molar-refractivity contribution < 1.29 is 14.4 Å². The van der Waals surface area contributed by atoms with Gasteiger partial charge in [0.1, 0.15) is 5.82 Å². The van der Waals surface area contributed by atoms with Gasteiger partial charge in [0, 0.05) is 5.69 Å². The van der Waals surface area contributed by atoms with Crippen LogP contribution in [-0.2, 0) is 0 Å². The van der Waals surface area contributed by atoms with Crippen molar-refractivity contribution in [1.82, 2.24) is 0 Å². The number of benzene rings is 1. The van der Waals surface area contributed by atoms with E-state index in [1.165, 1.54) is 6.07 Å². The Morgan fingerprint density at radius 2 is 1.91 bits per heavy atom. The van der Waals surface area contributed by atoms with Gasteiger partial charge < -0.3 is 15.8 Å². The van der Waals surface area contributed by atoms with Gasteiger partial charge in [-0.25, -0.2) is 4.39 Å². The molecular weight excluding hydrogens is 148 g/mol. The summed E-state index contributed by atoms with van der Waals surface area (Å²) in [5.74, 6) is -0.576. The molecule has 0 atom stereocenters. The Morgan fingerprint density at radius 1 is 1.27 bits per heavy atom. The van der Waals surface area contributed by atoms with Crippen LogP contribution in [0.15, 0.2) is 18.2 Å². The molecule has 0 bridgehead atoms. The third-order valence-corrected chi connectivity index (χ3v) is 1.24. The fourth-order valence-corrected chi connectivity index (χ4v) is 0.785. The van der Waals surface area contributed by atoms with Crippen molar-refractivity contribution in [2.24, 2.45) is 0 Å². The van der Waals surface area contributed by atoms with Crippen molar-refractivity contribution >= 4 is 18.3 Å². The summed E-state index contributed by atoms with van der Waals surface area (Å²) in [5.41, 5.74) is 5.47. The maximum atomic E-state index is 12.5. The molecule has 0 aliphatic heterocycles. The third kappa shape index (κ3) is 1.93. The molecule has 4 N–H and O–H groups in total. The molecule has 0 saturated carbocycles. The standard InChI is InChI=1S/C6H7BFNO2/c8-5-1-4(7(10)11)2-6(9)3-5/h1-3,10-11H,9H2.